The van der Waals surface area contributed by atoms with Crippen molar-refractivity contribution in [1.29, 1.82) is 0 Å². The van der Waals surface area contributed by atoms with Crippen molar-refractivity contribution in [2.75, 3.05) is 9.80 Å². The van der Waals surface area contributed by atoms with Gasteiger partial charge in [0, 0.05) is 65.0 Å². The summed E-state index contributed by atoms with van der Waals surface area (Å²) < 4.78 is 2.66. The molecular formula is C110H88N2S. The van der Waals surface area contributed by atoms with E-state index in [1.165, 1.54) is 179 Å². The lowest BCUT2D eigenvalue weighted by Gasteiger charge is -2.61. The zero-order valence-electron chi connectivity index (χ0n) is 63.6. The van der Waals surface area contributed by atoms with Crippen LogP contribution in [0.2, 0.25) is 0 Å². The second-order valence-electron chi connectivity index (χ2n) is 34.2. The maximum absolute atomic E-state index is 2.51. The van der Waals surface area contributed by atoms with E-state index in [9.17, 15) is 0 Å². The van der Waals surface area contributed by atoms with E-state index in [-0.39, 0.29) is 10.8 Å². The lowest BCUT2D eigenvalue weighted by atomic mass is 9.43. The summed E-state index contributed by atoms with van der Waals surface area (Å²) >= 11 is 1.87. The van der Waals surface area contributed by atoms with Crippen molar-refractivity contribution < 1.29 is 0 Å². The summed E-state index contributed by atoms with van der Waals surface area (Å²) in [4.78, 5) is 4.77. The third-order valence-corrected chi connectivity index (χ3v) is 29.7. The second kappa shape index (κ2) is 26.9. The number of hydrogen-bond donors (Lipinski definition) is 0. The third-order valence-electron chi connectivity index (χ3n) is 28.5. The summed E-state index contributed by atoms with van der Waals surface area (Å²) in [5, 5.41) is 2.63. The monoisotopic (exact) mass is 1470 g/mol. The van der Waals surface area contributed by atoms with Crippen LogP contribution in [0.1, 0.15) is 86.5 Å². The Balaban J connectivity index is 0.000000135. The van der Waals surface area contributed by atoms with Gasteiger partial charge in [-0.05, 0) is 302 Å². The van der Waals surface area contributed by atoms with Crippen LogP contribution in [0.3, 0.4) is 0 Å². The molecule has 1 aromatic heterocycles. The minimum Gasteiger partial charge on any atom is -0.310 e. The molecule has 8 fully saturated rings. The van der Waals surface area contributed by atoms with Crippen LogP contribution in [0, 0.1) is 47.3 Å². The molecule has 544 valence electrons. The standard InChI is InChI=1S/C58H47N.C52H41NS/c1-4-13-41(14-5-1)46-29-32-56(53(38-46)44-15-6-2-7-16-44)59(49-17-8-3-9-18-49)50-30-27-43(28-31-50)42-23-25-45(26-24-42)51-20-12-22-55-57(51)52-19-10-11-21-54(52)58(55)47-34-39-33-40(36-47)37-48(58)35-39;1-2-9-40(10-3-1)53(42-25-26-50-46(32-42)44-11-5-7-16-49(44)54-50)41-23-21-36(22-24-41)35-17-19-37(20-18-35)43-13-8-15-48-51(43)45-12-4-6-14-47(45)52(48)38-28-33-27-34(30-38)31-39(52)29-33/h1-32,38-40,47-48H,33-37H2;1-26,32-34,38-39H,27-31H2. The maximum atomic E-state index is 2.51. The maximum Gasteiger partial charge on any atom is 0.0540 e. The molecule has 1 heterocycles. The topological polar surface area (TPSA) is 6.48 Å². The molecule has 0 unspecified atom stereocenters. The van der Waals surface area contributed by atoms with Gasteiger partial charge in [0.2, 0.25) is 0 Å². The SMILES string of the molecule is c1ccc(-c2ccc(N(c3ccccc3)c3ccc(-c4ccc(-c5cccc6c5-c5ccccc5C65C6CC7CC(C6)CC5C7)cc4)cc3)c(-c3ccccc3)c2)cc1.c1ccc(N(c2ccc(-c3ccc(-c4cccc5c4-c4ccccc4C54C5CC6CC(C5)CC4C6)cc3)cc2)c2ccc3sc4ccccc4c3c2)cc1. The highest BCUT2D eigenvalue weighted by atomic mass is 32.1. The number of fused-ring (bicyclic) bond motifs is 9. The number of anilines is 6. The highest BCUT2D eigenvalue weighted by molar-refractivity contribution is 7.25. The van der Waals surface area contributed by atoms with Gasteiger partial charge < -0.3 is 9.80 Å². The van der Waals surface area contributed by atoms with Crippen LogP contribution in [-0.2, 0) is 10.8 Å². The fraction of sp³-hybridized carbons (Fsp3) is 0.182. The predicted octanol–water partition coefficient (Wildman–Crippen LogP) is 30.1. The largest absolute Gasteiger partial charge is 0.310 e. The van der Waals surface area contributed by atoms with Gasteiger partial charge in [-0.2, -0.15) is 0 Å². The quantitative estimate of drug-likeness (QED) is 0.120. The van der Waals surface area contributed by atoms with Crippen molar-refractivity contribution in [2.45, 2.75) is 75.0 Å². The van der Waals surface area contributed by atoms with Gasteiger partial charge >= 0.3 is 0 Å². The zero-order chi connectivity index (χ0) is 74.3. The number of thiophene rings is 1. The Bertz CT molecular complexity index is 6240. The molecule has 2 nitrogen and oxygen atoms in total. The Morgan fingerprint density at radius 1 is 0.212 bits per heavy atom. The average molecular weight is 1470 g/mol. The Kier molecular flexibility index (Phi) is 15.9. The van der Waals surface area contributed by atoms with Crippen LogP contribution in [0.25, 0.3) is 109 Å². The average Bonchev–Trinajstić information content (AvgIpc) is 1.52. The summed E-state index contributed by atoms with van der Waals surface area (Å²) in [5.41, 5.74) is 34.9. The lowest BCUT2D eigenvalue weighted by molar-refractivity contribution is -0.0399. The third kappa shape index (κ3) is 10.8. The van der Waals surface area contributed by atoms with E-state index in [0.29, 0.717) is 0 Å². The molecule has 113 heavy (non-hydrogen) atoms. The summed E-state index contributed by atoms with van der Waals surface area (Å²) in [6.07, 6.45) is 14.3. The van der Waals surface area contributed by atoms with Crippen LogP contribution >= 0.6 is 11.3 Å². The predicted molar refractivity (Wildman–Crippen MR) is 474 cm³/mol. The number of hydrogen-bond acceptors (Lipinski definition) is 3. The van der Waals surface area contributed by atoms with Gasteiger partial charge in [-0.1, -0.05) is 279 Å². The molecule has 0 radical (unpaired) electrons. The molecule has 0 amide bonds. The number of nitrogens with zero attached hydrogens (tertiary/aromatic N) is 2. The minimum atomic E-state index is 0.191. The van der Waals surface area contributed by atoms with Crippen LogP contribution in [-0.4, -0.2) is 0 Å². The van der Waals surface area contributed by atoms with E-state index in [1.807, 2.05) is 11.3 Å². The Morgan fingerprint density at radius 3 is 1.04 bits per heavy atom. The van der Waals surface area contributed by atoms with Crippen molar-refractivity contribution in [2.24, 2.45) is 47.3 Å². The Labute approximate surface area is 668 Å². The van der Waals surface area contributed by atoms with E-state index >= 15 is 0 Å². The van der Waals surface area contributed by atoms with Gasteiger partial charge in [-0.3, -0.25) is 0 Å². The van der Waals surface area contributed by atoms with Gasteiger partial charge in [0.05, 0.1) is 5.69 Å². The number of benzene rings is 15. The van der Waals surface area contributed by atoms with Crippen LogP contribution in [0.15, 0.2) is 364 Å². The molecule has 15 aromatic carbocycles. The lowest BCUT2D eigenvalue weighted by Crippen LogP contribution is -2.55. The molecule has 0 saturated heterocycles. The molecule has 2 spiro atoms. The molecule has 8 saturated carbocycles. The van der Waals surface area contributed by atoms with E-state index in [2.05, 4.69) is 374 Å². The Hall–Kier alpha value is -11.9. The summed E-state index contributed by atoms with van der Waals surface area (Å²) in [6.45, 7) is 0. The first-order chi connectivity index (χ1) is 55.9. The van der Waals surface area contributed by atoms with Gasteiger partial charge in [-0.15, -0.1) is 11.3 Å². The molecule has 10 aliphatic rings. The molecule has 10 aliphatic carbocycles. The molecule has 0 aliphatic heterocycles. The smallest absolute Gasteiger partial charge is 0.0540 e. The van der Waals surface area contributed by atoms with Gasteiger partial charge in [0.25, 0.3) is 0 Å². The summed E-state index contributed by atoms with van der Waals surface area (Å²) in [6, 6.07) is 136. The first-order valence-electron chi connectivity index (χ1n) is 41.7. The fourth-order valence-corrected chi connectivity index (χ4v) is 25.5. The van der Waals surface area contributed by atoms with E-state index in [1.54, 1.807) is 22.3 Å². The van der Waals surface area contributed by atoms with Crippen molar-refractivity contribution in [3.63, 3.8) is 0 Å². The van der Waals surface area contributed by atoms with Crippen LogP contribution in [0.5, 0.6) is 0 Å². The van der Waals surface area contributed by atoms with E-state index in [4.69, 9.17) is 0 Å². The highest BCUT2D eigenvalue weighted by Crippen LogP contribution is 2.72. The molecular weight excluding hydrogens is 1380 g/mol. The Morgan fingerprint density at radius 2 is 0.549 bits per heavy atom. The summed E-state index contributed by atoms with van der Waals surface area (Å²) in [7, 11) is 0. The first kappa shape index (κ1) is 66.9. The van der Waals surface area contributed by atoms with Crippen molar-refractivity contribution >= 4 is 65.6 Å². The number of para-hydroxylation sites is 2. The highest BCUT2D eigenvalue weighted by Gasteiger charge is 2.63. The van der Waals surface area contributed by atoms with Crippen LogP contribution in [0.4, 0.5) is 34.1 Å². The zero-order valence-corrected chi connectivity index (χ0v) is 64.5. The van der Waals surface area contributed by atoms with Crippen molar-refractivity contribution in [1.82, 2.24) is 0 Å². The molecule has 8 bridgehead atoms. The van der Waals surface area contributed by atoms with Gasteiger partial charge in [-0.25, -0.2) is 0 Å². The van der Waals surface area contributed by atoms with Crippen molar-refractivity contribution in [3.8, 4) is 89.0 Å². The molecule has 0 N–H and O–H groups in total. The first-order valence-corrected chi connectivity index (χ1v) is 42.5. The van der Waals surface area contributed by atoms with Gasteiger partial charge in [0.1, 0.15) is 0 Å². The summed E-state index contributed by atoms with van der Waals surface area (Å²) in [5.74, 6) is 6.93. The fourth-order valence-electron chi connectivity index (χ4n) is 24.4. The van der Waals surface area contributed by atoms with Gasteiger partial charge in [0.15, 0.2) is 0 Å². The molecule has 3 heteroatoms. The molecule has 26 rings (SSSR count). The normalized spacial score (nSPS) is 22.6. The minimum absolute atomic E-state index is 0.191. The molecule has 16 aromatic rings. The van der Waals surface area contributed by atoms with Crippen molar-refractivity contribution in [3.05, 3.63) is 386 Å². The van der Waals surface area contributed by atoms with E-state index < -0.39 is 0 Å². The molecule has 0 atom stereocenters. The van der Waals surface area contributed by atoms with Crippen LogP contribution < -0.4 is 9.80 Å². The number of rotatable bonds is 12. The second-order valence-corrected chi connectivity index (χ2v) is 35.3. The van der Waals surface area contributed by atoms with E-state index in [0.717, 1.165) is 75.8 Å².